The highest BCUT2D eigenvalue weighted by molar-refractivity contribution is 7.09. The van der Waals surface area contributed by atoms with Gasteiger partial charge in [-0.05, 0) is 13.3 Å². The van der Waals surface area contributed by atoms with E-state index in [-0.39, 0.29) is 0 Å². The van der Waals surface area contributed by atoms with E-state index in [0.717, 1.165) is 24.6 Å². The molecular weight excluding hydrogens is 158 g/mol. The van der Waals surface area contributed by atoms with E-state index in [0.29, 0.717) is 5.92 Å². The van der Waals surface area contributed by atoms with E-state index in [1.54, 1.807) is 11.3 Å². The largest absolute Gasteiger partial charge is 0.381 e. The third-order valence-electron chi connectivity index (χ3n) is 1.98. The van der Waals surface area contributed by atoms with Crippen molar-refractivity contribution in [2.75, 3.05) is 13.2 Å². The Morgan fingerprint density at radius 3 is 3.18 bits per heavy atom. The summed E-state index contributed by atoms with van der Waals surface area (Å²) in [6.07, 6.45) is 1.14. The van der Waals surface area contributed by atoms with Crippen molar-refractivity contribution >= 4 is 11.3 Å². The Morgan fingerprint density at radius 1 is 1.73 bits per heavy atom. The number of hydrogen-bond acceptors (Lipinski definition) is 3. The smallest absolute Gasteiger partial charge is 0.0897 e. The summed E-state index contributed by atoms with van der Waals surface area (Å²) in [6.45, 7) is 3.81. The molecule has 0 amide bonds. The van der Waals surface area contributed by atoms with Gasteiger partial charge in [-0.3, -0.25) is 0 Å². The quantitative estimate of drug-likeness (QED) is 0.641. The lowest BCUT2D eigenvalue weighted by molar-refractivity contribution is 0.193. The van der Waals surface area contributed by atoms with Gasteiger partial charge in [0.05, 0.1) is 17.3 Å². The molecule has 1 saturated heterocycles. The molecule has 2 nitrogen and oxygen atoms in total. The summed E-state index contributed by atoms with van der Waals surface area (Å²) < 4.78 is 5.29. The van der Waals surface area contributed by atoms with E-state index in [1.807, 2.05) is 6.92 Å². The van der Waals surface area contributed by atoms with Gasteiger partial charge in [-0.15, -0.1) is 11.3 Å². The van der Waals surface area contributed by atoms with Crippen molar-refractivity contribution in [2.24, 2.45) is 0 Å². The average molecular weight is 169 g/mol. The lowest BCUT2D eigenvalue weighted by atomic mass is 10.1. The molecule has 0 aromatic carbocycles. The van der Waals surface area contributed by atoms with E-state index in [2.05, 4.69) is 10.4 Å². The van der Waals surface area contributed by atoms with Gasteiger partial charge in [0.1, 0.15) is 0 Å². The van der Waals surface area contributed by atoms with Gasteiger partial charge in [0.15, 0.2) is 0 Å². The van der Waals surface area contributed by atoms with Crippen LogP contribution in [0.25, 0.3) is 0 Å². The van der Waals surface area contributed by atoms with Crippen LogP contribution < -0.4 is 0 Å². The Labute approximate surface area is 70.2 Å². The standard InChI is InChI=1S/C8H11NOS/c1-6-9-8(5-11-6)7-2-3-10-4-7/h5,7H,2-4H2,1H3. The maximum absolute atomic E-state index is 5.29. The van der Waals surface area contributed by atoms with Crippen LogP contribution in [-0.4, -0.2) is 18.2 Å². The van der Waals surface area contributed by atoms with E-state index in [9.17, 15) is 0 Å². The molecule has 1 aromatic rings. The maximum Gasteiger partial charge on any atom is 0.0897 e. The van der Waals surface area contributed by atoms with Crippen LogP contribution in [0.4, 0.5) is 0 Å². The molecule has 0 saturated carbocycles. The Kier molecular flexibility index (Phi) is 1.92. The van der Waals surface area contributed by atoms with E-state index < -0.39 is 0 Å². The van der Waals surface area contributed by atoms with Crippen molar-refractivity contribution in [3.8, 4) is 0 Å². The molecule has 1 unspecified atom stereocenters. The van der Waals surface area contributed by atoms with Crippen LogP contribution in [0.2, 0.25) is 0 Å². The molecule has 1 aliphatic heterocycles. The molecule has 0 bridgehead atoms. The SMILES string of the molecule is Cc1nc(C2CCOC2)cs1. The van der Waals surface area contributed by atoms with Crippen molar-refractivity contribution in [2.45, 2.75) is 19.3 Å². The normalized spacial score (nSPS) is 24.3. The molecule has 3 heteroatoms. The Balaban J connectivity index is 2.15. The first-order valence-electron chi connectivity index (χ1n) is 3.86. The van der Waals surface area contributed by atoms with Crippen LogP contribution in [0.5, 0.6) is 0 Å². The van der Waals surface area contributed by atoms with Gasteiger partial charge in [0.25, 0.3) is 0 Å². The Bertz CT molecular complexity index is 240. The molecule has 2 rings (SSSR count). The topological polar surface area (TPSA) is 22.1 Å². The van der Waals surface area contributed by atoms with Gasteiger partial charge in [-0.25, -0.2) is 4.98 Å². The van der Waals surface area contributed by atoms with Gasteiger partial charge >= 0.3 is 0 Å². The number of aryl methyl sites for hydroxylation is 1. The predicted octanol–water partition coefficient (Wildman–Crippen LogP) is 1.96. The van der Waals surface area contributed by atoms with Crippen molar-refractivity contribution in [1.29, 1.82) is 0 Å². The zero-order valence-corrected chi connectivity index (χ0v) is 7.36. The van der Waals surface area contributed by atoms with Crippen molar-refractivity contribution < 1.29 is 4.74 Å². The molecule has 0 radical (unpaired) electrons. The first kappa shape index (κ1) is 7.25. The summed E-state index contributed by atoms with van der Waals surface area (Å²) in [5, 5.41) is 3.31. The second-order valence-corrected chi connectivity index (χ2v) is 3.91. The maximum atomic E-state index is 5.29. The van der Waals surface area contributed by atoms with Crippen LogP contribution in [0.3, 0.4) is 0 Å². The minimum atomic E-state index is 0.569. The van der Waals surface area contributed by atoms with Crippen molar-refractivity contribution in [3.05, 3.63) is 16.1 Å². The van der Waals surface area contributed by atoms with Crippen LogP contribution in [-0.2, 0) is 4.74 Å². The van der Waals surface area contributed by atoms with Crippen LogP contribution in [0.15, 0.2) is 5.38 Å². The minimum absolute atomic E-state index is 0.569. The van der Waals surface area contributed by atoms with Crippen molar-refractivity contribution in [1.82, 2.24) is 4.98 Å². The minimum Gasteiger partial charge on any atom is -0.381 e. The van der Waals surface area contributed by atoms with E-state index in [4.69, 9.17) is 4.74 Å². The lowest BCUT2D eigenvalue weighted by Gasteiger charge is -2.00. The molecule has 1 fully saturated rings. The van der Waals surface area contributed by atoms with Gasteiger partial charge in [-0.1, -0.05) is 0 Å². The number of ether oxygens (including phenoxy) is 1. The third-order valence-corrected chi connectivity index (χ3v) is 2.78. The predicted molar refractivity (Wildman–Crippen MR) is 45.0 cm³/mol. The number of rotatable bonds is 1. The molecule has 0 aliphatic carbocycles. The monoisotopic (exact) mass is 169 g/mol. The van der Waals surface area contributed by atoms with Crippen LogP contribution in [0, 0.1) is 6.92 Å². The molecule has 0 N–H and O–H groups in total. The Morgan fingerprint density at radius 2 is 2.64 bits per heavy atom. The summed E-state index contributed by atoms with van der Waals surface area (Å²) >= 11 is 1.72. The highest BCUT2D eigenvalue weighted by Gasteiger charge is 2.19. The van der Waals surface area contributed by atoms with E-state index >= 15 is 0 Å². The Hall–Kier alpha value is -0.410. The van der Waals surface area contributed by atoms with E-state index in [1.165, 1.54) is 5.69 Å². The van der Waals surface area contributed by atoms with Crippen LogP contribution >= 0.6 is 11.3 Å². The summed E-state index contributed by atoms with van der Waals surface area (Å²) in [7, 11) is 0. The molecule has 1 aromatic heterocycles. The molecule has 11 heavy (non-hydrogen) atoms. The first-order chi connectivity index (χ1) is 5.36. The summed E-state index contributed by atoms with van der Waals surface area (Å²) in [6, 6.07) is 0. The molecule has 0 spiro atoms. The zero-order chi connectivity index (χ0) is 7.68. The van der Waals surface area contributed by atoms with Crippen molar-refractivity contribution in [3.63, 3.8) is 0 Å². The van der Waals surface area contributed by atoms with Gasteiger partial charge < -0.3 is 4.74 Å². The zero-order valence-electron chi connectivity index (χ0n) is 6.54. The fourth-order valence-corrected chi connectivity index (χ4v) is 2.03. The number of nitrogens with zero attached hydrogens (tertiary/aromatic N) is 1. The number of aromatic nitrogens is 1. The molecule has 1 atom stereocenters. The molecule has 60 valence electrons. The first-order valence-corrected chi connectivity index (χ1v) is 4.74. The van der Waals surface area contributed by atoms with Gasteiger partial charge in [-0.2, -0.15) is 0 Å². The average Bonchev–Trinajstić information content (AvgIpc) is 2.55. The number of hydrogen-bond donors (Lipinski definition) is 0. The van der Waals surface area contributed by atoms with Gasteiger partial charge in [0, 0.05) is 17.9 Å². The lowest BCUT2D eigenvalue weighted by Crippen LogP contribution is -1.97. The second kappa shape index (κ2) is 2.91. The summed E-state index contributed by atoms with van der Waals surface area (Å²) in [4.78, 5) is 4.43. The fourth-order valence-electron chi connectivity index (χ4n) is 1.34. The molecule has 1 aliphatic rings. The second-order valence-electron chi connectivity index (χ2n) is 2.85. The number of thiazole rings is 1. The third kappa shape index (κ3) is 1.44. The fraction of sp³-hybridized carbons (Fsp3) is 0.625. The molecule has 2 heterocycles. The molecular formula is C8H11NOS. The van der Waals surface area contributed by atoms with Gasteiger partial charge in [0.2, 0.25) is 0 Å². The summed E-state index contributed by atoms with van der Waals surface area (Å²) in [5.74, 6) is 0.569. The highest BCUT2D eigenvalue weighted by Crippen LogP contribution is 2.25. The highest BCUT2D eigenvalue weighted by atomic mass is 32.1. The summed E-state index contributed by atoms with van der Waals surface area (Å²) in [5.41, 5.74) is 1.23. The van der Waals surface area contributed by atoms with Crippen LogP contribution in [0.1, 0.15) is 23.0 Å².